The second-order valence-corrected chi connectivity index (χ2v) is 6.86. The van der Waals surface area contributed by atoms with E-state index in [2.05, 4.69) is 10.4 Å². The molecule has 0 spiro atoms. The molecule has 0 radical (unpaired) electrons. The Labute approximate surface area is 128 Å². The summed E-state index contributed by atoms with van der Waals surface area (Å²) in [5, 5.41) is 2.59. The van der Waals surface area contributed by atoms with Gasteiger partial charge in [-0.25, -0.2) is 5.01 Å². The molecule has 0 aromatic rings. The van der Waals surface area contributed by atoms with E-state index in [1.54, 1.807) is 0 Å². The van der Waals surface area contributed by atoms with Crippen LogP contribution in [0, 0.1) is 0 Å². The monoisotopic (exact) mass is 322 g/mol. The second-order valence-electron chi connectivity index (χ2n) is 5.96. The van der Waals surface area contributed by atoms with Crippen LogP contribution in [0.1, 0.15) is 70.6 Å². The number of nitrogens with one attached hydrogen (secondary N) is 1. The van der Waals surface area contributed by atoms with Gasteiger partial charge in [-0.3, -0.25) is 14.5 Å². The fourth-order valence-electron chi connectivity index (χ4n) is 3.12. The van der Waals surface area contributed by atoms with Crippen LogP contribution in [0.15, 0.2) is 0 Å². The van der Waals surface area contributed by atoms with Crippen LogP contribution in [0.25, 0.3) is 0 Å². The van der Waals surface area contributed by atoms with Crippen molar-refractivity contribution in [2.45, 2.75) is 76.7 Å². The summed E-state index contributed by atoms with van der Waals surface area (Å²) in [6.07, 6.45) is 15.8. The average Bonchev–Trinajstić information content (AvgIpc) is 2.27. The van der Waals surface area contributed by atoms with E-state index in [1.807, 2.05) is 0 Å². The van der Waals surface area contributed by atoms with Crippen LogP contribution in [0.5, 0.6) is 0 Å². The molecule has 0 aromatic heterocycles. The largest absolute Gasteiger partial charge is 0.394 e. The summed E-state index contributed by atoms with van der Waals surface area (Å²) in [6.45, 7) is 2.49. The third-order valence-electron chi connectivity index (χ3n) is 4.16. The Morgan fingerprint density at radius 1 is 0.810 bits per heavy atom. The van der Waals surface area contributed by atoms with Crippen molar-refractivity contribution in [3.05, 3.63) is 0 Å². The minimum Gasteiger partial charge on any atom is -0.264 e. The van der Waals surface area contributed by atoms with Crippen molar-refractivity contribution in [1.82, 2.24) is 10.4 Å². The van der Waals surface area contributed by atoms with Gasteiger partial charge >= 0.3 is 10.4 Å². The molecule has 126 valence electrons. The van der Waals surface area contributed by atoms with E-state index in [9.17, 15) is 0 Å². The predicted octanol–water partition coefficient (Wildman–Crippen LogP) is 2.83. The standard InChI is InChI=1S/C14H28N2.H2O4S/c1-2-6-10-14(11-7-3-1)16-13-9-5-4-8-12-15-16;1-5(2,3)4/h14-15H,1-13H2;(H2,1,2,3,4). The van der Waals surface area contributed by atoms with Crippen molar-refractivity contribution < 1.29 is 17.5 Å². The lowest BCUT2D eigenvalue weighted by atomic mass is 9.96. The highest BCUT2D eigenvalue weighted by Gasteiger charge is 2.19. The minimum atomic E-state index is -4.67. The van der Waals surface area contributed by atoms with Gasteiger partial charge in [0.05, 0.1) is 0 Å². The molecule has 1 saturated carbocycles. The third-order valence-corrected chi connectivity index (χ3v) is 4.16. The third kappa shape index (κ3) is 11.1. The normalized spacial score (nSPS) is 23.9. The van der Waals surface area contributed by atoms with E-state index < -0.39 is 10.4 Å². The molecule has 0 atom stereocenters. The molecule has 2 fully saturated rings. The second kappa shape index (κ2) is 10.5. The van der Waals surface area contributed by atoms with Crippen molar-refractivity contribution in [1.29, 1.82) is 0 Å². The average molecular weight is 322 g/mol. The molecule has 0 amide bonds. The van der Waals surface area contributed by atoms with Crippen LogP contribution in [0.2, 0.25) is 0 Å². The van der Waals surface area contributed by atoms with E-state index in [4.69, 9.17) is 17.5 Å². The van der Waals surface area contributed by atoms with Crippen LogP contribution in [0.3, 0.4) is 0 Å². The lowest BCUT2D eigenvalue weighted by Crippen LogP contribution is -2.47. The number of rotatable bonds is 1. The molecule has 1 aliphatic heterocycles. The lowest BCUT2D eigenvalue weighted by Gasteiger charge is -2.34. The number of hydrazine groups is 1. The molecular weight excluding hydrogens is 292 g/mol. The van der Waals surface area contributed by atoms with Gasteiger partial charge < -0.3 is 0 Å². The first-order chi connectivity index (χ1) is 9.97. The summed E-state index contributed by atoms with van der Waals surface area (Å²) in [5.41, 5.74) is 3.67. The van der Waals surface area contributed by atoms with E-state index >= 15 is 0 Å². The van der Waals surface area contributed by atoms with Gasteiger partial charge in [-0.15, -0.1) is 0 Å². The molecule has 2 aliphatic rings. The van der Waals surface area contributed by atoms with Gasteiger partial charge in [0.1, 0.15) is 0 Å². The first-order valence-electron chi connectivity index (χ1n) is 8.17. The van der Waals surface area contributed by atoms with Crippen LogP contribution >= 0.6 is 0 Å². The fourth-order valence-corrected chi connectivity index (χ4v) is 3.12. The first-order valence-corrected chi connectivity index (χ1v) is 9.56. The number of hydrogen-bond donors (Lipinski definition) is 3. The summed E-state index contributed by atoms with van der Waals surface area (Å²) in [7, 11) is -4.67. The zero-order valence-electron chi connectivity index (χ0n) is 12.8. The minimum absolute atomic E-state index is 0.832. The van der Waals surface area contributed by atoms with Crippen LogP contribution in [-0.4, -0.2) is 41.7 Å². The van der Waals surface area contributed by atoms with Crippen molar-refractivity contribution in [2.75, 3.05) is 13.1 Å². The van der Waals surface area contributed by atoms with Gasteiger partial charge in [0.15, 0.2) is 0 Å². The van der Waals surface area contributed by atoms with Gasteiger partial charge in [0.25, 0.3) is 0 Å². The Balaban J connectivity index is 0.000000383. The van der Waals surface area contributed by atoms with Crippen molar-refractivity contribution in [3.8, 4) is 0 Å². The van der Waals surface area contributed by atoms with Crippen LogP contribution in [0.4, 0.5) is 0 Å². The quantitative estimate of drug-likeness (QED) is 0.643. The van der Waals surface area contributed by atoms with Crippen LogP contribution in [-0.2, 0) is 10.4 Å². The molecule has 2 rings (SSSR count). The van der Waals surface area contributed by atoms with Gasteiger partial charge in [-0.2, -0.15) is 8.42 Å². The molecular formula is C14H30N2O4S. The van der Waals surface area contributed by atoms with Crippen molar-refractivity contribution in [3.63, 3.8) is 0 Å². The zero-order valence-corrected chi connectivity index (χ0v) is 13.7. The van der Waals surface area contributed by atoms with Crippen molar-refractivity contribution >= 4 is 10.4 Å². The molecule has 0 bridgehead atoms. The smallest absolute Gasteiger partial charge is 0.264 e. The number of nitrogens with zero attached hydrogens (tertiary/aromatic N) is 1. The Morgan fingerprint density at radius 3 is 1.90 bits per heavy atom. The number of hydrogen-bond acceptors (Lipinski definition) is 4. The molecule has 3 N–H and O–H groups in total. The summed E-state index contributed by atoms with van der Waals surface area (Å²) in [5.74, 6) is 0. The lowest BCUT2D eigenvalue weighted by molar-refractivity contribution is 0.0927. The SMILES string of the molecule is C1CCCC(N2CCCCCCN2)CCC1.O=S(=O)(O)O. The van der Waals surface area contributed by atoms with E-state index in [-0.39, 0.29) is 0 Å². The van der Waals surface area contributed by atoms with E-state index in [0.717, 1.165) is 6.04 Å². The molecule has 0 aromatic carbocycles. The van der Waals surface area contributed by atoms with E-state index in [0.29, 0.717) is 0 Å². The highest BCUT2D eigenvalue weighted by molar-refractivity contribution is 7.79. The molecule has 0 unspecified atom stereocenters. The zero-order chi connectivity index (χ0) is 15.6. The van der Waals surface area contributed by atoms with Crippen molar-refractivity contribution in [2.24, 2.45) is 0 Å². The maximum Gasteiger partial charge on any atom is 0.394 e. The summed E-state index contributed by atoms with van der Waals surface area (Å²) in [4.78, 5) is 0. The molecule has 1 heterocycles. The highest BCUT2D eigenvalue weighted by Crippen LogP contribution is 2.21. The Morgan fingerprint density at radius 2 is 1.29 bits per heavy atom. The molecule has 21 heavy (non-hydrogen) atoms. The summed E-state index contributed by atoms with van der Waals surface area (Å²) < 4.78 is 31.6. The molecule has 1 aliphatic carbocycles. The summed E-state index contributed by atoms with van der Waals surface area (Å²) in [6, 6.07) is 0.832. The van der Waals surface area contributed by atoms with Crippen LogP contribution < -0.4 is 5.43 Å². The molecule has 1 saturated heterocycles. The summed E-state index contributed by atoms with van der Waals surface area (Å²) >= 11 is 0. The predicted molar refractivity (Wildman–Crippen MR) is 83.5 cm³/mol. The first kappa shape index (κ1) is 18.8. The Hall–Kier alpha value is -0.210. The van der Waals surface area contributed by atoms with E-state index in [1.165, 1.54) is 83.7 Å². The fraction of sp³-hybridized carbons (Fsp3) is 1.00. The van der Waals surface area contributed by atoms with Gasteiger partial charge in [-0.1, -0.05) is 44.9 Å². The van der Waals surface area contributed by atoms with Gasteiger partial charge in [0, 0.05) is 19.1 Å². The molecule has 6 nitrogen and oxygen atoms in total. The Bertz CT molecular complexity index is 318. The maximum absolute atomic E-state index is 8.74. The van der Waals surface area contributed by atoms with Gasteiger partial charge in [-0.05, 0) is 25.7 Å². The van der Waals surface area contributed by atoms with Gasteiger partial charge in [0.2, 0.25) is 0 Å². The highest BCUT2D eigenvalue weighted by atomic mass is 32.3. The topological polar surface area (TPSA) is 89.9 Å². The molecule has 7 heteroatoms. The maximum atomic E-state index is 8.74. The Kier molecular flexibility index (Phi) is 9.42.